The molecule has 1 amide bonds. The number of amides is 1. The van der Waals surface area contributed by atoms with Gasteiger partial charge in [-0.25, -0.2) is 4.39 Å². The van der Waals surface area contributed by atoms with Crippen molar-refractivity contribution in [3.8, 4) is 0 Å². The van der Waals surface area contributed by atoms with E-state index in [1.165, 1.54) is 25.0 Å². The van der Waals surface area contributed by atoms with E-state index in [4.69, 9.17) is 0 Å². The first-order chi connectivity index (χ1) is 10.1. The number of halogens is 1. The maximum Gasteiger partial charge on any atom is 0.238 e. The Labute approximate surface area is 124 Å². The van der Waals surface area contributed by atoms with Crippen molar-refractivity contribution in [1.29, 1.82) is 0 Å². The minimum Gasteiger partial charge on any atom is -0.320 e. The van der Waals surface area contributed by atoms with Gasteiger partial charge in [0.2, 0.25) is 5.91 Å². The molecule has 0 saturated carbocycles. The van der Waals surface area contributed by atoms with Crippen molar-refractivity contribution in [3.05, 3.63) is 35.6 Å². The summed E-state index contributed by atoms with van der Waals surface area (Å²) in [6.07, 6.45) is 3.47. The first kappa shape index (κ1) is 14.5. The SMILES string of the molecule is CN1CCCCC1CN1C(=O)CNC1c1ccc(F)cc1. The summed E-state index contributed by atoms with van der Waals surface area (Å²) in [7, 11) is 2.13. The van der Waals surface area contributed by atoms with Crippen LogP contribution in [0, 0.1) is 5.82 Å². The highest BCUT2D eigenvalue weighted by Gasteiger charge is 2.34. The van der Waals surface area contributed by atoms with E-state index < -0.39 is 0 Å². The smallest absolute Gasteiger partial charge is 0.238 e. The molecule has 21 heavy (non-hydrogen) atoms. The van der Waals surface area contributed by atoms with Gasteiger partial charge in [-0.15, -0.1) is 0 Å². The summed E-state index contributed by atoms with van der Waals surface area (Å²) in [5.74, 6) is -0.120. The monoisotopic (exact) mass is 291 g/mol. The molecule has 0 radical (unpaired) electrons. The molecule has 2 aliphatic heterocycles. The largest absolute Gasteiger partial charge is 0.320 e. The molecule has 1 aromatic rings. The number of piperidine rings is 1. The van der Waals surface area contributed by atoms with Crippen molar-refractivity contribution in [2.45, 2.75) is 31.5 Å². The number of hydrogen-bond acceptors (Lipinski definition) is 3. The van der Waals surface area contributed by atoms with Crippen LogP contribution < -0.4 is 5.32 Å². The van der Waals surface area contributed by atoms with E-state index >= 15 is 0 Å². The molecule has 2 unspecified atom stereocenters. The quantitative estimate of drug-likeness (QED) is 0.921. The summed E-state index contributed by atoms with van der Waals surface area (Å²) in [4.78, 5) is 16.4. The number of nitrogens with one attached hydrogen (secondary N) is 1. The average molecular weight is 291 g/mol. The fourth-order valence-corrected chi connectivity index (χ4v) is 3.29. The molecule has 0 bridgehead atoms. The molecule has 2 heterocycles. The number of likely N-dealkylation sites (tertiary alicyclic amines) is 1. The van der Waals surface area contributed by atoms with Crippen molar-refractivity contribution >= 4 is 5.91 Å². The fraction of sp³-hybridized carbons (Fsp3) is 0.562. The van der Waals surface area contributed by atoms with E-state index in [0.717, 1.165) is 25.1 Å². The number of hydrogen-bond donors (Lipinski definition) is 1. The third-order valence-corrected chi connectivity index (χ3v) is 4.59. The fourth-order valence-electron chi connectivity index (χ4n) is 3.29. The highest BCUT2D eigenvalue weighted by molar-refractivity contribution is 5.81. The van der Waals surface area contributed by atoms with E-state index in [1.54, 1.807) is 12.1 Å². The molecule has 114 valence electrons. The minimum absolute atomic E-state index is 0.128. The Morgan fingerprint density at radius 1 is 1.29 bits per heavy atom. The van der Waals surface area contributed by atoms with Crippen LogP contribution in [0.25, 0.3) is 0 Å². The third kappa shape index (κ3) is 3.09. The first-order valence-corrected chi connectivity index (χ1v) is 7.64. The zero-order valence-electron chi connectivity index (χ0n) is 12.4. The Morgan fingerprint density at radius 2 is 2.05 bits per heavy atom. The van der Waals surface area contributed by atoms with E-state index in [9.17, 15) is 9.18 Å². The Hall–Kier alpha value is -1.46. The molecule has 0 aliphatic carbocycles. The molecule has 4 nitrogen and oxygen atoms in total. The topological polar surface area (TPSA) is 35.6 Å². The normalized spacial score (nSPS) is 27.3. The van der Waals surface area contributed by atoms with Crippen LogP contribution in [-0.4, -0.2) is 48.4 Å². The highest BCUT2D eigenvalue weighted by Crippen LogP contribution is 2.25. The molecule has 2 atom stereocenters. The molecule has 2 saturated heterocycles. The summed E-state index contributed by atoms with van der Waals surface area (Å²) < 4.78 is 13.1. The van der Waals surface area contributed by atoms with Crippen LogP contribution in [0.1, 0.15) is 31.0 Å². The molecule has 2 aliphatic rings. The molecular formula is C16H22FN3O. The van der Waals surface area contributed by atoms with Crippen molar-refractivity contribution in [3.63, 3.8) is 0 Å². The van der Waals surface area contributed by atoms with Gasteiger partial charge in [0.1, 0.15) is 12.0 Å². The molecule has 5 heteroatoms. The Bertz CT molecular complexity index is 505. The summed E-state index contributed by atoms with van der Waals surface area (Å²) in [6, 6.07) is 6.83. The summed E-state index contributed by atoms with van der Waals surface area (Å²) in [6.45, 7) is 2.20. The van der Waals surface area contributed by atoms with Crippen molar-refractivity contribution in [1.82, 2.24) is 15.1 Å². The van der Waals surface area contributed by atoms with Crippen LogP contribution in [0.5, 0.6) is 0 Å². The second-order valence-electron chi connectivity index (χ2n) is 6.01. The zero-order valence-corrected chi connectivity index (χ0v) is 12.4. The van der Waals surface area contributed by atoms with Gasteiger partial charge in [-0.1, -0.05) is 18.6 Å². The van der Waals surface area contributed by atoms with Gasteiger partial charge in [-0.3, -0.25) is 10.1 Å². The van der Waals surface area contributed by atoms with Gasteiger partial charge in [0.15, 0.2) is 0 Å². The summed E-state index contributed by atoms with van der Waals surface area (Å²) >= 11 is 0. The van der Waals surface area contributed by atoms with Crippen LogP contribution in [0.4, 0.5) is 4.39 Å². The van der Waals surface area contributed by atoms with E-state index in [2.05, 4.69) is 17.3 Å². The Kier molecular flexibility index (Phi) is 4.22. The second-order valence-corrected chi connectivity index (χ2v) is 6.01. The van der Waals surface area contributed by atoms with Crippen LogP contribution in [-0.2, 0) is 4.79 Å². The van der Waals surface area contributed by atoms with Crippen LogP contribution in [0.15, 0.2) is 24.3 Å². The molecule has 3 rings (SSSR count). The van der Waals surface area contributed by atoms with Gasteiger partial charge in [-0.05, 0) is 44.1 Å². The first-order valence-electron chi connectivity index (χ1n) is 7.64. The lowest BCUT2D eigenvalue weighted by Crippen LogP contribution is -2.46. The summed E-state index contributed by atoms with van der Waals surface area (Å²) in [5, 5.41) is 3.23. The molecule has 1 N–H and O–H groups in total. The number of benzene rings is 1. The molecule has 0 spiro atoms. The van der Waals surface area contributed by atoms with Gasteiger partial charge >= 0.3 is 0 Å². The number of carbonyl (C=O) groups excluding carboxylic acids is 1. The van der Waals surface area contributed by atoms with Gasteiger partial charge in [-0.2, -0.15) is 0 Å². The molecular weight excluding hydrogens is 269 g/mol. The molecule has 0 aromatic heterocycles. The lowest BCUT2D eigenvalue weighted by molar-refractivity contribution is -0.129. The van der Waals surface area contributed by atoms with E-state index in [1.807, 2.05) is 4.90 Å². The van der Waals surface area contributed by atoms with E-state index in [0.29, 0.717) is 12.6 Å². The molecule has 1 aromatic carbocycles. The zero-order chi connectivity index (χ0) is 14.8. The number of likely N-dealkylation sites (N-methyl/N-ethyl adjacent to an activating group) is 1. The standard InChI is InChI=1S/C16H22FN3O/c1-19-9-3-2-4-14(19)11-20-15(21)10-18-16(20)12-5-7-13(17)8-6-12/h5-8,14,16,18H,2-4,9-11H2,1H3. The highest BCUT2D eigenvalue weighted by atomic mass is 19.1. The second kappa shape index (κ2) is 6.12. The summed E-state index contributed by atoms with van der Waals surface area (Å²) in [5.41, 5.74) is 0.945. The van der Waals surface area contributed by atoms with Gasteiger partial charge in [0.25, 0.3) is 0 Å². The average Bonchev–Trinajstić information content (AvgIpc) is 2.84. The van der Waals surface area contributed by atoms with Crippen LogP contribution in [0.3, 0.4) is 0 Å². The molecule has 2 fully saturated rings. The van der Waals surface area contributed by atoms with E-state index in [-0.39, 0.29) is 17.9 Å². The van der Waals surface area contributed by atoms with Gasteiger partial charge < -0.3 is 9.80 Å². The van der Waals surface area contributed by atoms with Crippen LogP contribution >= 0.6 is 0 Å². The van der Waals surface area contributed by atoms with Gasteiger partial charge in [0.05, 0.1) is 6.54 Å². The third-order valence-electron chi connectivity index (χ3n) is 4.59. The lowest BCUT2D eigenvalue weighted by Gasteiger charge is -2.36. The predicted molar refractivity (Wildman–Crippen MR) is 79.1 cm³/mol. The van der Waals surface area contributed by atoms with Crippen LogP contribution in [0.2, 0.25) is 0 Å². The van der Waals surface area contributed by atoms with Gasteiger partial charge in [0, 0.05) is 12.6 Å². The maximum atomic E-state index is 13.1. The van der Waals surface area contributed by atoms with Crippen molar-refractivity contribution < 1.29 is 9.18 Å². The lowest BCUT2D eigenvalue weighted by atomic mass is 10.0. The Morgan fingerprint density at radius 3 is 2.76 bits per heavy atom. The minimum atomic E-state index is -0.248. The van der Waals surface area contributed by atoms with Crippen molar-refractivity contribution in [2.75, 3.05) is 26.7 Å². The van der Waals surface area contributed by atoms with Crippen molar-refractivity contribution in [2.24, 2.45) is 0 Å². The number of rotatable bonds is 3. The number of nitrogens with zero attached hydrogens (tertiary/aromatic N) is 2. The Balaban J connectivity index is 1.74. The predicted octanol–water partition coefficient (Wildman–Crippen LogP) is 1.74. The number of carbonyl (C=O) groups is 1. The maximum absolute atomic E-state index is 13.1.